The van der Waals surface area contributed by atoms with Gasteiger partial charge >= 0.3 is 0 Å². The van der Waals surface area contributed by atoms with Crippen LogP contribution in [0.3, 0.4) is 0 Å². The molecule has 166 valence electrons. The van der Waals surface area contributed by atoms with E-state index in [1.807, 2.05) is 4.90 Å². The number of hydrogen-bond acceptors (Lipinski definition) is 8. The van der Waals surface area contributed by atoms with Crippen molar-refractivity contribution in [1.82, 2.24) is 4.98 Å². The molecule has 3 aromatic rings. The molecule has 32 heavy (non-hydrogen) atoms. The van der Waals surface area contributed by atoms with Gasteiger partial charge in [-0.3, -0.25) is 20.2 Å². The standard InChI is InChI=1S/C21H19FN4O5S/c1-30-19-5-2-13(10-16(19)22)17-12-32-21(23-17)24-20(27)15-11-14(26(28)29)3-4-18(15)25-6-8-31-9-7-25/h2-5,10-12H,6-9H2,1H3,(H,23,24,27). The van der Waals surface area contributed by atoms with Crippen LogP contribution in [0, 0.1) is 15.9 Å². The van der Waals surface area contributed by atoms with Gasteiger partial charge < -0.3 is 14.4 Å². The lowest BCUT2D eigenvalue weighted by Gasteiger charge is -2.30. The minimum absolute atomic E-state index is 0.124. The molecule has 0 radical (unpaired) electrons. The summed E-state index contributed by atoms with van der Waals surface area (Å²) in [7, 11) is 1.38. The average molecular weight is 458 g/mol. The number of morpholine rings is 1. The van der Waals surface area contributed by atoms with Crippen LogP contribution in [-0.4, -0.2) is 49.2 Å². The van der Waals surface area contributed by atoms with Crippen LogP contribution in [0.2, 0.25) is 0 Å². The van der Waals surface area contributed by atoms with E-state index in [2.05, 4.69) is 10.3 Å². The Hall–Kier alpha value is -3.57. The molecule has 1 aromatic heterocycles. The first kappa shape index (κ1) is 21.7. The van der Waals surface area contributed by atoms with Crippen LogP contribution in [0.4, 0.5) is 20.9 Å². The Morgan fingerprint density at radius 2 is 2.06 bits per heavy atom. The number of nitro groups is 1. The van der Waals surface area contributed by atoms with Crippen LogP contribution in [0.15, 0.2) is 41.8 Å². The van der Waals surface area contributed by atoms with Crippen molar-refractivity contribution in [2.24, 2.45) is 0 Å². The third kappa shape index (κ3) is 4.53. The quantitative estimate of drug-likeness (QED) is 0.440. The number of nitrogens with one attached hydrogen (secondary N) is 1. The first-order chi connectivity index (χ1) is 15.5. The number of rotatable bonds is 6. The molecular formula is C21H19FN4O5S. The summed E-state index contributed by atoms with van der Waals surface area (Å²) in [6.45, 7) is 2.16. The second-order valence-corrected chi connectivity index (χ2v) is 7.76. The molecule has 2 aromatic carbocycles. The topological polar surface area (TPSA) is 107 Å². The van der Waals surface area contributed by atoms with E-state index in [0.717, 1.165) is 0 Å². The highest BCUT2D eigenvalue weighted by Gasteiger charge is 2.23. The molecule has 4 rings (SSSR count). The Bertz CT molecular complexity index is 1160. The van der Waals surface area contributed by atoms with Crippen molar-refractivity contribution in [1.29, 1.82) is 0 Å². The van der Waals surface area contributed by atoms with E-state index in [0.29, 0.717) is 48.4 Å². The van der Waals surface area contributed by atoms with Gasteiger partial charge in [-0.1, -0.05) is 0 Å². The lowest BCUT2D eigenvalue weighted by Crippen LogP contribution is -2.37. The summed E-state index contributed by atoms with van der Waals surface area (Å²) in [4.78, 5) is 30.0. The summed E-state index contributed by atoms with van der Waals surface area (Å²) in [6.07, 6.45) is 0. The van der Waals surface area contributed by atoms with E-state index in [4.69, 9.17) is 9.47 Å². The summed E-state index contributed by atoms with van der Waals surface area (Å²) in [5, 5.41) is 15.9. The largest absolute Gasteiger partial charge is 0.494 e. The smallest absolute Gasteiger partial charge is 0.270 e. The normalized spacial score (nSPS) is 13.6. The Morgan fingerprint density at radius 3 is 2.75 bits per heavy atom. The predicted molar refractivity (Wildman–Crippen MR) is 118 cm³/mol. The number of nitro benzene ring substituents is 1. The minimum atomic E-state index is -0.542. The highest BCUT2D eigenvalue weighted by atomic mass is 32.1. The van der Waals surface area contributed by atoms with Crippen molar-refractivity contribution < 1.29 is 23.6 Å². The Labute approximate surface area is 186 Å². The molecule has 0 bridgehead atoms. The third-order valence-corrected chi connectivity index (χ3v) is 5.72. The number of ether oxygens (including phenoxy) is 2. The van der Waals surface area contributed by atoms with Gasteiger partial charge in [0.1, 0.15) is 0 Å². The number of benzene rings is 2. The Kier molecular flexibility index (Phi) is 6.28. The first-order valence-electron chi connectivity index (χ1n) is 9.68. The number of methoxy groups -OCH3 is 1. The third-order valence-electron chi connectivity index (χ3n) is 4.96. The monoisotopic (exact) mass is 458 g/mol. The van der Waals surface area contributed by atoms with Gasteiger partial charge in [0.2, 0.25) is 0 Å². The molecule has 0 saturated carbocycles. The zero-order chi connectivity index (χ0) is 22.7. The molecule has 1 amide bonds. The number of carbonyl (C=O) groups excluding carboxylic acids is 1. The summed E-state index contributed by atoms with van der Waals surface area (Å²) in [5.74, 6) is -0.911. The second kappa shape index (κ2) is 9.28. The van der Waals surface area contributed by atoms with Crippen LogP contribution >= 0.6 is 11.3 Å². The van der Waals surface area contributed by atoms with E-state index in [-0.39, 0.29) is 17.0 Å². The number of carbonyl (C=O) groups is 1. The van der Waals surface area contributed by atoms with Crippen molar-refractivity contribution >= 4 is 33.8 Å². The highest BCUT2D eigenvalue weighted by molar-refractivity contribution is 7.14. The fraction of sp³-hybridized carbons (Fsp3) is 0.238. The molecule has 0 aliphatic carbocycles. The lowest BCUT2D eigenvalue weighted by molar-refractivity contribution is -0.384. The number of halogens is 1. The van der Waals surface area contributed by atoms with E-state index in [1.54, 1.807) is 17.5 Å². The summed E-state index contributed by atoms with van der Waals surface area (Å²) in [6, 6.07) is 8.68. The molecule has 2 heterocycles. The van der Waals surface area contributed by atoms with Gasteiger partial charge in [-0.15, -0.1) is 11.3 Å². The van der Waals surface area contributed by atoms with Gasteiger partial charge in [-0.2, -0.15) is 0 Å². The molecule has 0 unspecified atom stereocenters. The van der Waals surface area contributed by atoms with Crippen molar-refractivity contribution in [3.8, 4) is 17.0 Å². The number of anilines is 2. The minimum Gasteiger partial charge on any atom is -0.494 e. The zero-order valence-corrected chi connectivity index (χ0v) is 17.9. The lowest BCUT2D eigenvalue weighted by atomic mass is 10.1. The fourth-order valence-electron chi connectivity index (χ4n) is 3.35. The molecule has 0 spiro atoms. The first-order valence-corrected chi connectivity index (χ1v) is 10.6. The van der Waals surface area contributed by atoms with Gasteiger partial charge in [-0.25, -0.2) is 9.37 Å². The van der Waals surface area contributed by atoms with E-state index in [1.165, 1.54) is 42.7 Å². The molecule has 9 nitrogen and oxygen atoms in total. The summed E-state index contributed by atoms with van der Waals surface area (Å²) in [5.41, 5.74) is 1.60. The summed E-state index contributed by atoms with van der Waals surface area (Å²) >= 11 is 1.17. The van der Waals surface area contributed by atoms with Crippen LogP contribution in [0.25, 0.3) is 11.3 Å². The fourth-order valence-corrected chi connectivity index (χ4v) is 4.07. The van der Waals surface area contributed by atoms with Crippen LogP contribution < -0.4 is 15.0 Å². The van der Waals surface area contributed by atoms with Crippen LogP contribution in [0.5, 0.6) is 5.75 Å². The Balaban J connectivity index is 1.59. The number of hydrogen-bond donors (Lipinski definition) is 1. The number of thiazole rings is 1. The SMILES string of the molecule is COc1ccc(-c2csc(NC(=O)c3cc([N+](=O)[O-])ccc3N3CCOCC3)n2)cc1F. The zero-order valence-electron chi connectivity index (χ0n) is 17.0. The Morgan fingerprint density at radius 1 is 1.28 bits per heavy atom. The maximum atomic E-state index is 14.0. The van der Waals surface area contributed by atoms with E-state index >= 15 is 0 Å². The molecule has 1 aliphatic rings. The number of nitrogens with zero attached hydrogens (tertiary/aromatic N) is 3. The van der Waals surface area contributed by atoms with E-state index in [9.17, 15) is 19.3 Å². The number of aromatic nitrogens is 1. The van der Waals surface area contributed by atoms with Gasteiger partial charge in [-0.05, 0) is 24.3 Å². The number of non-ortho nitro benzene ring substituents is 1. The van der Waals surface area contributed by atoms with E-state index < -0.39 is 16.6 Å². The van der Waals surface area contributed by atoms with Gasteiger partial charge in [0.25, 0.3) is 11.6 Å². The van der Waals surface area contributed by atoms with Gasteiger partial charge in [0, 0.05) is 36.2 Å². The molecular weight excluding hydrogens is 439 g/mol. The van der Waals surface area contributed by atoms with Crippen LogP contribution in [-0.2, 0) is 4.74 Å². The summed E-state index contributed by atoms with van der Waals surface area (Å²) < 4.78 is 24.3. The molecule has 1 fully saturated rings. The van der Waals surface area contributed by atoms with Crippen molar-refractivity contribution in [2.75, 3.05) is 43.6 Å². The highest BCUT2D eigenvalue weighted by Crippen LogP contribution is 2.30. The van der Waals surface area contributed by atoms with Crippen molar-refractivity contribution in [2.45, 2.75) is 0 Å². The molecule has 1 N–H and O–H groups in total. The van der Waals surface area contributed by atoms with Crippen LogP contribution in [0.1, 0.15) is 10.4 Å². The molecule has 11 heteroatoms. The van der Waals surface area contributed by atoms with Crippen molar-refractivity contribution in [3.63, 3.8) is 0 Å². The maximum absolute atomic E-state index is 14.0. The second-order valence-electron chi connectivity index (χ2n) is 6.90. The molecule has 1 saturated heterocycles. The average Bonchev–Trinajstić information content (AvgIpc) is 3.27. The molecule has 0 atom stereocenters. The molecule has 1 aliphatic heterocycles. The maximum Gasteiger partial charge on any atom is 0.270 e. The van der Waals surface area contributed by atoms with Gasteiger partial charge in [0.15, 0.2) is 16.7 Å². The predicted octanol–water partition coefficient (Wildman–Crippen LogP) is 3.95. The number of amides is 1. The van der Waals surface area contributed by atoms with Gasteiger partial charge in [0.05, 0.1) is 42.2 Å². The van der Waals surface area contributed by atoms with Crippen molar-refractivity contribution in [3.05, 3.63) is 63.3 Å².